The number of piperazine rings is 1. The molecular formula is C32H42N4O5S2. The topological polar surface area (TPSA) is 87.5 Å². The lowest BCUT2D eigenvalue weighted by Crippen LogP contribution is -2.48. The molecule has 0 aliphatic carbocycles. The number of aromatic nitrogens is 1. The highest BCUT2D eigenvalue weighted by atomic mass is 32.2. The van der Waals surface area contributed by atoms with Crippen molar-refractivity contribution in [3.05, 3.63) is 65.7 Å². The van der Waals surface area contributed by atoms with Gasteiger partial charge in [0.2, 0.25) is 0 Å². The van der Waals surface area contributed by atoms with Gasteiger partial charge in [-0.15, -0.1) is 11.3 Å². The molecule has 0 bridgehead atoms. The number of nitrogens with zero attached hydrogens (tertiary/aromatic N) is 4. The van der Waals surface area contributed by atoms with Crippen LogP contribution >= 0.6 is 11.3 Å². The Hall–Kier alpha value is -3.25. The van der Waals surface area contributed by atoms with E-state index in [0.717, 1.165) is 48.2 Å². The largest absolute Gasteiger partial charge is 0.494 e. The molecule has 232 valence electrons. The van der Waals surface area contributed by atoms with Crippen molar-refractivity contribution in [2.24, 2.45) is 0 Å². The molecule has 0 unspecified atom stereocenters. The molecule has 2 aromatic heterocycles. The molecule has 9 nitrogen and oxygen atoms in total. The fourth-order valence-corrected chi connectivity index (χ4v) is 8.34. The van der Waals surface area contributed by atoms with Crippen LogP contribution in [0, 0.1) is 0 Å². The molecule has 1 atom stereocenters. The van der Waals surface area contributed by atoms with Crippen molar-refractivity contribution in [3.63, 3.8) is 0 Å². The lowest BCUT2D eigenvalue weighted by molar-refractivity contribution is 0.209. The summed E-state index contributed by atoms with van der Waals surface area (Å²) in [7, 11) is 1.28. The molecule has 0 radical (unpaired) electrons. The van der Waals surface area contributed by atoms with E-state index in [1.807, 2.05) is 41.1 Å². The second-order valence-electron chi connectivity index (χ2n) is 11.2. The zero-order chi connectivity index (χ0) is 30.7. The van der Waals surface area contributed by atoms with Gasteiger partial charge in [-0.05, 0) is 68.0 Å². The Morgan fingerprint density at radius 3 is 2.37 bits per heavy atom. The van der Waals surface area contributed by atoms with E-state index >= 15 is 0 Å². The van der Waals surface area contributed by atoms with Gasteiger partial charge in [-0.3, -0.25) is 4.90 Å². The van der Waals surface area contributed by atoms with Crippen LogP contribution in [0.15, 0.2) is 64.3 Å². The summed E-state index contributed by atoms with van der Waals surface area (Å²) in [5.41, 5.74) is 2.05. The fourth-order valence-electron chi connectivity index (χ4n) is 5.93. The van der Waals surface area contributed by atoms with E-state index in [2.05, 4.69) is 29.7 Å². The molecule has 0 amide bonds. The summed E-state index contributed by atoms with van der Waals surface area (Å²) in [6.07, 6.45) is 3.22. The summed E-state index contributed by atoms with van der Waals surface area (Å²) in [6, 6.07) is 15.5. The average Bonchev–Trinajstić information content (AvgIpc) is 3.68. The zero-order valence-corrected chi connectivity index (χ0v) is 27.2. The molecule has 1 aliphatic heterocycles. The first kappa shape index (κ1) is 31.2. The van der Waals surface area contributed by atoms with E-state index in [-0.39, 0.29) is 11.9 Å². The van der Waals surface area contributed by atoms with Crippen LogP contribution in [0.2, 0.25) is 0 Å². The van der Waals surface area contributed by atoms with Crippen molar-refractivity contribution in [2.75, 3.05) is 58.9 Å². The van der Waals surface area contributed by atoms with E-state index < -0.39 is 10.0 Å². The van der Waals surface area contributed by atoms with Crippen LogP contribution in [-0.2, 0) is 10.0 Å². The van der Waals surface area contributed by atoms with Crippen LogP contribution in [-0.4, -0.2) is 87.3 Å². The maximum Gasteiger partial charge on any atom is 0.252 e. The summed E-state index contributed by atoms with van der Waals surface area (Å²) in [4.78, 5) is 4.89. The molecule has 3 heterocycles. The molecule has 11 heteroatoms. The van der Waals surface area contributed by atoms with Gasteiger partial charge in [0.15, 0.2) is 17.4 Å². The summed E-state index contributed by atoms with van der Waals surface area (Å²) in [6.45, 7) is 8.65. The Balaban J connectivity index is 1.47. The highest BCUT2D eigenvalue weighted by Crippen LogP contribution is 2.41. The quantitative estimate of drug-likeness (QED) is 0.218. The van der Waals surface area contributed by atoms with E-state index in [0.29, 0.717) is 41.1 Å². The summed E-state index contributed by atoms with van der Waals surface area (Å²) in [5, 5.41) is 15.2. The van der Waals surface area contributed by atoms with Gasteiger partial charge in [0, 0.05) is 68.5 Å². The monoisotopic (exact) mass is 626 g/mol. The van der Waals surface area contributed by atoms with Gasteiger partial charge in [0.25, 0.3) is 10.0 Å². The van der Waals surface area contributed by atoms with Crippen molar-refractivity contribution < 1.29 is 23.0 Å². The molecule has 1 saturated heterocycles. The summed E-state index contributed by atoms with van der Waals surface area (Å²) in [5.74, 6) is 1.41. The smallest absolute Gasteiger partial charge is 0.252 e. The normalized spacial score (nSPS) is 15.5. The summed E-state index contributed by atoms with van der Waals surface area (Å²) >= 11 is 1.22. The Bertz CT molecular complexity index is 1630. The first-order valence-corrected chi connectivity index (χ1v) is 17.0. The van der Waals surface area contributed by atoms with Crippen LogP contribution in [0.1, 0.15) is 38.3 Å². The van der Waals surface area contributed by atoms with Crippen LogP contribution in [0.25, 0.3) is 10.8 Å². The van der Waals surface area contributed by atoms with Crippen molar-refractivity contribution in [1.29, 1.82) is 0 Å². The van der Waals surface area contributed by atoms with Gasteiger partial charge in [-0.2, -0.15) is 0 Å². The lowest BCUT2D eigenvalue weighted by atomic mass is 10.0. The molecule has 5 rings (SSSR count). The van der Waals surface area contributed by atoms with E-state index in [4.69, 9.17) is 9.47 Å². The second-order valence-corrected chi connectivity index (χ2v) is 14.5. The van der Waals surface area contributed by atoms with E-state index in [9.17, 15) is 13.5 Å². The number of ether oxygens (including phenoxy) is 2. The van der Waals surface area contributed by atoms with Crippen molar-refractivity contribution in [2.45, 2.75) is 43.0 Å². The molecule has 1 fully saturated rings. The minimum Gasteiger partial charge on any atom is -0.494 e. The maximum absolute atomic E-state index is 13.0. The highest BCUT2D eigenvalue weighted by molar-refractivity contribution is 7.91. The zero-order valence-electron chi connectivity index (χ0n) is 25.6. The van der Waals surface area contributed by atoms with Crippen molar-refractivity contribution >= 4 is 37.8 Å². The minimum atomic E-state index is -3.55. The third kappa shape index (κ3) is 6.35. The molecule has 2 aromatic carbocycles. The molecule has 4 aromatic rings. The van der Waals surface area contributed by atoms with Crippen LogP contribution < -0.4 is 14.4 Å². The molecule has 43 heavy (non-hydrogen) atoms. The Morgan fingerprint density at radius 2 is 1.72 bits per heavy atom. The number of fused-ring (bicyclic) bond motifs is 1. The van der Waals surface area contributed by atoms with Gasteiger partial charge >= 0.3 is 0 Å². The summed E-state index contributed by atoms with van der Waals surface area (Å²) < 4.78 is 40.8. The number of hydrogen-bond donors (Lipinski definition) is 1. The van der Waals surface area contributed by atoms with Gasteiger partial charge in [-0.1, -0.05) is 18.2 Å². The Kier molecular flexibility index (Phi) is 9.55. The number of thiophene rings is 1. The predicted molar refractivity (Wildman–Crippen MR) is 174 cm³/mol. The third-order valence-electron chi connectivity index (χ3n) is 8.46. The molecule has 1 N–H and O–H groups in total. The fraction of sp³-hybridized carbons (Fsp3) is 0.438. The van der Waals surface area contributed by atoms with E-state index in [1.165, 1.54) is 15.6 Å². The maximum atomic E-state index is 13.0. The first-order chi connectivity index (χ1) is 20.6. The Morgan fingerprint density at radius 1 is 0.977 bits per heavy atom. The van der Waals surface area contributed by atoms with Crippen molar-refractivity contribution in [1.82, 2.24) is 13.8 Å². The van der Waals surface area contributed by atoms with Gasteiger partial charge in [0.1, 0.15) is 4.21 Å². The van der Waals surface area contributed by atoms with Crippen LogP contribution in [0.4, 0.5) is 5.69 Å². The lowest BCUT2D eigenvalue weighted by Gasteiger charge is -2.38. The standard InChI is InChI=1S/C32H42N4O5S2/c1-23(2)34-16-18-35(19-17-34)28-10-6-9-25-26(28)22-36(32(25)37)27(24-13-14-29(40-4)30(21-24)41-5)11-7-15-33(3)43(38,39)31-12-8-20-42-31/h6,8-10,12-14,20-23,27,37H,7,11,15-19H2,1-5H3/t27-/m1/s1. The van der Waals surface area contributed by atoms with Gasteiger partial charge < -0.3 is 24.0 Å². The number of rotatable bonds is 12. The van der Waals surface area contributed by atoms with Crippen LogP contribution in [0.3, 0.4) is 0 Å². The molecule has 1 aliphatic rings. The molecular weight excluding hydrogens is 585 g/mol. The minimum absolute atomic E-state index is 0.192. The van der Waals surface area contributed by atoms with Crippen molar-refractivity contribution in [3.8, 4) is 17.4 Å². The van der Waals surface area contributed by atoms with Gasteiger partial charge in [-0.25, -0.2) is 12.7 Å². The van der Waals surface area contributed by atoms with Crippen LogP contribution in [0.5, 0.6) is 17.4 Å². The number of methoxy groups -OCH3 is 2. The highest BCUT2D eigenvalue weighted by Gasteiger charge is 2.26. The third-order valence-corrected chi connectivity index (χ3v) is 11.7. The van der Waals surface area contributed by atoms with E-state index in [1.54, 1.807) is 38.8 Å². The molecule has 0 saturated carbocycles. The number of aromatic hydroxyl groups is 1. The predicted octanol–water partition coefficient (Wildman–Crippen LogP) is 5.65. The number of anilines is 1. The molecule has 0 spiro atoms. The Labute approximate surface area is 258 Å². The number of benzene rings is 2. The SMILES string of the molecule is COc1ccc([C@@H](CCCN(C)S(=O)(=O)c2cccs2)n2cc3c(N4CCN(C(C)C)CC4)cccc3c2O)cc1OC. The first-order valence-electron chi connectivity index (χ1n) is 14.7. The average molecular weight is 627 g/mol. The van der Waals surface area contributed by atoms with Gasteiger partial charge in [0.05, 0.1) is 20.3 Å². The number of hydrogen-bond acceptors (Lipinski definition) is 8. The second kappa shape index (κ2) is 13.2. The number of sulfonamides is 1.